The molecule has 4 amide bonds. The number of amides is 4. The van der Waals surface area contributed by atoms with Gasteiger partial charge in [0.25, 0.3) is 5.91 Å². The highest BCUT2D eigenvalue weighted by molar-refractivity contribution is 9.10. The lowest BCUT2D eigenvalue weighted by atomic mass is 10.1. The summed E-state index contributed by atoms with van der Waals surface area (Å²) >= 11 is 5.12. The van der Waals surface area contributed by atoms with Gasteiger partial charge >= 0.3 is 6.03 Å². The van der Waals surface area contributed by atoms with Crippen molar-refractivity contribution in [1.29, 1.82) is 0 Å². The molecule has 2 fully saturated rings. The third kappa shape index (κ3) is 7.79. The zero-order chi connectivity index (χ0) is 37.4. The molecule has 3 N–H and O–H groups in total. The Kier molecular flexibility index (Phi) is 10.9. The third-order valence-electron chi connectivity index (χ3n) is 10.1. The van der Waals surface area contributed by atoms with Gasteiger partial charge in [0, 0.05) is 42.8 Å². The Balaban J connectivity index is 1.27. The summed E-state index contributed by atoms with van der Waals surface area (Å²) in [4.78, 5) is 52.2. The van der Waals surface area contributed by atoms with Crippen molar-refractivity contribution in [2.75, 3.05) is 27.3 Å². The number of fused-ring (bicyclic) bond motifs is 2. The first-order valence-corrected chi connectivity index (χ1v) is 20.7. The average molecular weight is 818 g/mol. The molecule has 16 heteroatoms. The molecule has 52 heavy (non-hydrogen) atoms. The minimum Gasteiger partial charge on any atom is -0.495 e. The van der Waals surface area contributed by atoms with Crippen molar-refractivity contribution in [3.63, 3.8) is 0 Å². The lowest BCUT2D eigenvalue weighted by Gasteiger charge is -2.26. The molecule has 2 aromatic heterocycles. The minimum absolute atomic E-state index is 0.00859. The van der Waals surface area contributed by atoms with Crippen LogP contribution in [0.25, 0.3) is 21.6 Å². The molecular formula is C36H45BrN6O7S2. The van der Waals surface area contributed by atoms with E-state index in [0.29, 0.717) is 52.0 Å². The zero-order valence-electron chi connectivity index (χ0n) is 30.0. The molecule has 2 aliphatic carbocycles. The molecule has 1 aliphatic heterocycles. The smallest absolute Gasteiger partial charge is 0.317 e. The molecule has 0 unspecified atom stereocenters. The summed E-state index contributed by atoms with van der Waals surface area (Å²) in [7, 11) is -0.703. The predicted octanol–water partition coefficient (Wildman–Crippen LogP) is 5.65. The summed E-state index contributed by atoms with van der Waals surface area (Å²) in [6.07, 6.45) is 7.33. The molecule has 6 rings (SSSR count). The number of benzene rings is 1. The summed E-state index contributed by atoms with van der Waals surface area (Å²) in [6.45, 7) is 6.25. The van der Waals surface area contributed by atoms with E-state index in [4.69, 9.17) is 19.4 Å². The highest BCUT2D eigenvalue weighted by atomic mass is 79.9. The van der Waals surface area contributed by atoms with E-state index in [-0.39, 0.29) is 25.4 Å². The zero-order valence-corrected chi connectivity index (χ0v) is 33.2. The van der Waals surface area contributed by atoms with Crippen LogP contribution in [0.5, 0.6) is 11.5 Å². The number of allylic oxidation sites excluding steroid dienone is 1. The number of hydrogen-bond acceptors (Lipinski definition) is 10. The van der Waals surface area contributed by atoms with E-state index in [0.717, 1.165) is 30.0 Å². The third-order valence-corrected chi connectivity index (χ3v) is 13.9. The maximum atomic E-state index is 14.0. The van der Waals surface area contributed by atoms with Gasteiger partial charge in [-0.05, 0) is 79.4 Å². The van der Waals surface area contributed by atoms with Gasteiger partial charge in [0.2, 0.25) is 15.9 Å². The van der Waals surface area contributed by atoms with Gasteiger partial charge in [0.05, 0.1) is 34.1 Å². The number of nitrogens with one attached hydrogen (secondary N) is 3. The van der Waals surface area contributed by atoms with Crippen molar-refractivity contribution in [2.45, 2.75) is 88.0 Å². The molecule has 0 spiro atoms. The molecule has 3 atom stereocenters. The van der Waals surface area contributed by atoms with Gasteiger partial charge in [-0.2, -0.15) is 0 Å². The van der Waals surface area contributed by atoms with Crippen LogP contribution in [-0.4, -0.2) is 84.8 Å². The van der Waals surface area contributed by atoms with Crippen molar-refractivity contribution in [3.8, 4) is 22.2 Å². The monoisotopic (exact) mass is 816 g/mol. The highest BCUT2D eigenvalue weighted by Gasteiger charge is 2.62. The maximum absolute atomic E-state index is 14.0. The van der Waals surface area contributed by atoms with Gasteiger partial charge < -0.3 is 25.0 Å². The van der Waals surface area contributed by atoms with E-state index in [2.05, 4.69) is 45.1 Å². The van der Waals surface area contributed by atoms with Crippen LogP contribution in [-0.2, 0) is 19.6 Å². The van der Waals surface area contributed by atoms with Crippen molar-refractivity contribution in [1.82, 2.24) is 30.2 Å². The lowest BCUT2D eigenvalue weighted by molar-refractivity contribution is -0.130. The lowest BCUT2D eigenvalue weighted by Crippen LogP contribution is -2.58. The number of carbonyl (C=O) groups excluding carboxylic acids is 3. The molecule has 3 heterocycles. The normalized spacial score (nSPS) is 23.9. The van der Waals surface area contributed by atoms with E-state index >= 15 is 0 Å². The minimum atomic E-state index is -3.94. The first-order chi connectivity index (χ1) is 24.7. The number of nitrogens with zero attached hydrogens (tertiary/aromatic N) is 3. The number of urea groups is 1. The summed E-state index contributed by atoms with van der Waals surface area (Å²) in [5, 5.41) is 9.11. The van der Waals surface area contributed by atoms with E-state index in [1.54, 1.807) is 27.1 Å². The quantitative estimate of drug-likeness (QED) is 0.219. The summed E-state index contributed by atoms with van der Waals surface area (Å²) in [5.41, 5.74) is 0.703. The number of halogens is 1. The topological polar surface area (TPSA) is 169 Å². The summed E-state index contributed by atoms with van der Waals surface area (Å²) in [5.74, 6) is -0.439. The number of aromatic nitrogens is 2. The second-order valence-electron chi connectivity index (χ2n) is 14.4. The Labute approximate surface area is 316 Å². The van der Waals surface area contributed by atoms with E-state index in [9.17, 15) is 22.8 Å². The molecular weight excluding hydrogens is 772 g/mol. The fourth-order valence-corrected chi connectivity index (χ4v) is 8.97. The highest BCUT2D eigenvalue weighted by Crippen LogP contribution is 2.47. The van der Waals surface area contributed by atoms with Gasteiger partial charge in [0.1, 0.15) is 33.8 Å². The number of ether oxygens (including phenoxy) is 2. The van der Waals surface area contributed by atoms with Crippen molar-refractivity contribution in [3.05, 3.63) is 45.9 Å². The Morgan fingerprint density at radius 1 is 1.19 bits per heavy atom. The van der Waals surface area contributed by atoms with E-state index < -0.39 is 50.1 Å². The van der Waals surface area contributed by atoms with Gasteiger partial charge in [0.15, 0.2) is 0 Å². The van der Waals surface area contributed by atoms with E-state index in [1.807, 2.05) is 29.7 Å². The number of carbonyl (C=O) groups is 3. The standard InChI is InChI=1S/C36H45BrN6O7S2/c1-21(2)26-20-51-32(39-26)25-18-28(23-11-12-27(49-5)29(37)30(23)38-25)50-17-13-24-31(44)41-36(33(45)42-52(47,48)35(3)14-15-35)19-22(36)10-8-6-7-9-16-43(4)34(46)40-24/h8,10-12,18,20-22,24H,6-7,9,13-17,19H2,1-5H3,(H,40,46)(H,41,44)(H,42,45)/b10-8-/t22-,24+,36-/m1/s1. The Bertz CT molecular complexity index is 2010. The molecule has 13 nitrogen and oxygen atoms in total. The number of pyridine rings is 1. The van der Waals surface area contributed by atoms with Gasteiger partial charge in [-0.15, -0.1) is 11.3 Å². The molecule has 3 aliphatic rings. The fourth-order valence-electron chi connectivity index (χ4n) is 6.12. The number of methoxy groups -OCH3 is 1. The van der Waals surface area contributed by atoms with Crippen molar-refractivity contribution >= 4 is 66.0 Å². The molecule has 0 radical (unpaired) electrons. The number of hydrogen-bond donors (Lipinski definition) is 3. The Hall–Kier alpha value is -3.76. The van der Waals surface area contributed by atoms with Crippen LogP contribution in [0.2, 0.25) is 0 Å². The summed E-state index contributed by atoms with van der Waals surface area (Å²) < 4.78 is 39.8. The second-order valence-corrected chi connectivity index (χ2v) is 18.2. The van der Waals surface area contributed by atoms with Crippen LogP contribution in [0.3, 0.4) is 0 Å². The first-order valence-electron chi connectivity index (χ1n) is 17.5. The number of sulfonamides is 1. The van der Waals surface area contributed by atoms with Crippen LogP contribution in [0.1, 0.15) is 77.3 Å². The van der Waals surface area contributed by atoms with Crippen LogP contribution < -0.4 is 24.8 Å². The van der Waals surface area contributed by atoms with E-state index in [1.165, 1.54) is 16.2 Å². The van der Waals surface area contributed by atoms with Gasteiger partial charge in [-0.1, -0.05) is 26.0 Å². The maximum Gasteiger partial charge on any atom is 0.317 e. The number of thiazole rings is 1. The van der Waals surface area contributed by atoms with Gasteiger partial charge in [-0.25, -0.2) is 23.2 Å². The second kappa shape index (κ2) is 14.9. The fraction of sp³-hybridized carbons (Fsp3) is 0.528. The van der Waals surface area contributed by atoms with Crippen LogP contribution in [0.15, 0.2) is 40.2 Å². The van der Waals surface area contributed by atoms with Crippen molar-refractivity contribution < 1.29 is 32.3 Å². The average Bonchev–Trinajstić information content (AvgIpc) is 3.96. The molecule has 1 aromatic carbocycles. The largest absolute Gasteiger partial charge is 0.495 e. The van der Waals surface area contributed by atoms with Crippen LogP contribution in [0, 0.1) is 5.92 Å². The number of rotatable bonds is 10. The molecule has 3 aromatic rings. The Morgan fingerprint density at radius 2 is 1.96 bits per heavy atom. The molecule has 0 saturated heterocycles. The van der Waals surface area contributed by atoms with Crippen molar-refractivity contribution in [2.24, 2.45) is 5.92 Å². The Morgan fingerprint density at radius 3 is 2.65 bits per heavy atom. The van der Waals surface area contributed by atoms with Gasteiger partial charge in [-0.3, -0.25) is 14.3 Å². The molecule has 280 valence electrons. The van der Waals surface area contributed by atoms with Crippen LogP contribution >= 0.6 is 27.3 Å². The predicted molar refractivity (Wildman–Crippen MR) is 203 cm³/mol. The molecule has 0 bridgehead atoms. The van der Waals surface area contributed by atoms with Crippen LogP contribution in [0.4, 0.5) is 4.79 Å². The first kappa shape index (κ1) is 38.0. The molecule has 2 saturated carbocycles. The SMILES string of the molecule is COc1ccc2c(OCC[C@@H]3NC(=O)N(C)CCCC/C=C\[C@@H]4C[C@@]4(C(=O)NS(=O)(=O)C4(C)CC4)NC3=O)cc(-c3nc(C(C)C)cs3)nc2c1Br. The summed E-state index contributed by atoms with van der Waals surface area (Å²) in [6, 6.07) is 3.91.